The van der Waals surface area contributed by atoms with Crippen LogP contribution < -0.4 is 0 Å². The molecule has 0 atom stereocenters. The third-order valence-electron chi connectivity index (χ3n) is 3.66. The van der Waals surface area contributed by atoms with Gasteiger partial charge >= 0.3 is 0 Å². The van der Waals surface area contributed by atoms with E-state index in [0.717, 1.165) is 16.1 Å². The van der Waals surface area contributed by atoms with Crippen LogP contribution in [0, 0.1) is 28.4 Å². The van der Waals surface area contributed by atoms with Crippen LogP contribution in [-0.4, -0.2) is 9.91 Å². The van der Waals surface area contributed by atoms with E-state index in [2.05, 4.69) is 11.1 Å². The Morgan fingerprint density at radius 1 is 1.31 bits per heavy atom. The van der Waals surface area contributed by atoms with Crippen LogP contribution in [0.3, 0.4) is 0 Å². The topological polar surface area (TPSA) is 79.8 Å². The number of thiazole rings is 1. The number of benzene rings is 2. The average Bonchev–Trinajstić information content (AvgIpc) is 3.02. The van der Waals surface area contributed by atoms with Crippen LogP contribution in [0.4, 0.5) is 5.69 Å². The number of aryl methyl sites for hydroxylation is 1. The van der Waals surface area contributed by atoms with Gasteiger partial charge in [0, 0.05) is 27.6 Å². The molecule has 0 aliphatic carbocycles. The third-order valence-corrected chi connectivity index (χ3v) is 4.91. The van der Waals surface area contributed by atoms with Gasteiger partial charge in [0.15, 0.2) is 0 Å². The summed E-state index contributed by atoms with van der Waals surface area (Å²) >= 11 is 7.33. The molecule has 26 heavy (non-hydrogen) atoms. The number of nitrogens with zero attached hydrogens (tertiary/aromatic N) is 3. The van der Waals surface area contributed by atoms with Gasteiger partial charge in [0.2, 0.25) is 0 Å². The number of hydrogen-bond donors (Lipinski definition) is 0. The lowest BCUT2D eigenvalue weighted by molar-refractivity contribution is -0.384. The first-order valence-electron chi connectivity index (χ1n) is 7.58. The number of nitriles is 1. The monoisotopic (exact) mass is 381 g/mol. The van der Waals surface area contributed by atoms with Gasteiger partial charge in [0.05, 0.1) is 16.2 Å². The minimum atomic E-state index is -0.463. The fourth-order valence-corrected chi connectivity index (χ4v) is 3.45. The molecular formula is C19H12ClN3O2S. The van der Waals surface area contributed by atoms with Crippen LogP contribution in [-0.2, 0) is 0 Å². The van der Waals surface area contributed by atoms with E-state index in [1.165, 1.54) is 23.5 Å². The summed E-state index contributed by atoms with van der Waals surface area (Å²) in [6.45, 7) is 1.94. The number of aromatic nitrogens is 1. The van der Waals surface area contributed by atoms with E-state index >= 15 is 0 Å². The molecule has 3 aromatic rings. The first-order valence-corrected chi connectivity index (χ1v) is 8.77. The van der Waals surface area contributed by atoms with Gasteiger partial charge in [-0.15, -0.1) is 11.3 Å². The molecule has 1 aromatic heterocycles. The van der Waals surface area contributed by atoms with Crippen molar-refractivity contribution in [3.8, 4) is 17.3 Å². The van der Waals surface area contributed by atoms with Gasteiger partial charge in [-0.1, -0.05) is 35.9 Å². The van der Waals surface area contributed by atoms with Crippen LogP contribution in [0.2, 0.25) is 5.02 Å². The number of nitro benzene ring substituents is 1. The van der Waals surface area contributed by atoms with Crippen molar-refractivity contribution < 1.29 is 4.92 Å². The van der Waals surface area contributed by atoms with E-state index in [4.69, 9.17) is 11.6 Å². The average molecular weight is 382 g/mol. The smallest absolute Gasteiger partial charge is 0.258 e. The van der Waals surface area contributed by atoms with Gasteiger partial charge in [0.25, 0.3) is 5.69 Å². The van der Waals surface area contributed by atoms with E-state index in [1.807, 2.05) is 19.1 Å². The zero-order chi connectivity index (χ0) is 18.7. The van der Waals surface area contributed by atoms with Gasteiger partial charge in [-0.25, -0.2) is 4.98 Å². The van der Waals surface area contributed by atoms with Crippen molar-refractivity contribution in [2.45, 2.75) is 6.92 Å². The van der Waals surface area contributed by atoms with Crippen LogP contribution in [0.25, 0.3) is 22.9 Å². The van der Waals surface area contributed by atoms with E-state index in [0.29, 0.717) is 21.2 Å². The summed E-state index contributed by atoms with van der Waals surface area (Å²) in [4.78, 5) is 16.0. The maximum absolute atomic E-state index is 10.9. The van der Waals surface area contributed by atoms with Gasteiger partial charge in [-0.05, 0) is 30.7 Å². The van der Waals surface area contributed by atoms with Crippen LogP contribution in [0.1, 0.15) is 15.4 Å². The van der Waals surface area contributed by atoms with Crippen LogP contribution in [0.15, 0.2) is 48.5 Å². The molecular weight excluding hydrogens is 370 g/mol. The Balaban J connectivity index is 2.00. The Morgan fingerprint density at radius 3 is 2.69 bits per heavy atom. The number of halogens is 1. The predicted molar refractivity (Wildman–Crippen MR) is 104 cm³/mol. The minimum absolute atomic E-state index is 0.0202. The van der Waals surface area contributed by atoms with Crippen molar-refractivity contribution >= 4 is 40.3 Å². The maximum Gasteiger partial charge on any atom is 0.270 e. The molecule has 1 heterocycles. The highest BCUT2D eigenvalue weighted by molar-refractivity contribution is 7.13. The van der Waals surface area contributed by atoms with Crippen molar-refractivity contribution in [2.24, 2.45) is 0 Å². The highest BCUT2D eigenvalue weighted by atomic mass is 35.5. The largest absolute Gasteiger partial charge is 0.270 e. The first-order chi connectivity index (χ1) is 12.5. The molecule has 0 radical (unpaired) electrons. The van der Waals surface area contributed by atoms with E-state index < -0.39 is 4.92 Å². The fraction of sp³-hybridized carbons (Fsp3) is 0.0526. The van der Waals surface area contributed by atoms with E-state index in [-0.39, 0.29) is 5.69 Å². The standard InChI is InChI=1S/C19H12ClN3O2S/c1-12-18(14-5-7-16(20)8-6-14)22-19(26-12)15(11-21)9-13-3-2-4-17(10-13)23(24)25/h2-10H,1H3/b15-9+. The predicted octanol–water partition coefficient (Wildman–Crippen LogP) is 5.74. The molecule has 0 amide bonds. The molecule has 3 rings (SSSR count). The molecule has 0 spiro atoms. The summed E-state index contributed by atoms with van der Waals surface area (Å²) in [5, 5.41) is 21.6. The lowest BCUT2D eigenvalue weighted by Crippen LogP contribution is -1.88. The number of hydrogen-bond acceptors (Lipinski definition) is 5. The number of rotatable bonds is 4. The van der Waals surface area contributed by atoms with Crippen LogP contribution in [0.5, 0.6) is 0 Å². The van der Waals surface area contributed by atoms with Gasteiger partial charge in [-0.3, -0.25) is 10.1 Å². The fourth-order valence-electron chi connectivity index (χ4n) is 2.42. The molecule has 0 saturated heterocycles. The maximum atomic E-state index is 10.9. The SMILES string of the molecule is Cc1sc(/C(C#N)=C/c2cccc([N+](=O)[O-])c2)nc1-c1ccc(Cl)cc1. The summed E-state index contributed by atoms with van der Waals surface area (Å²) in [5.74, 6) is 0. The molecule has 0 aliphatic rings. The second-order valence-corrected chi connectivity index (χ2v) is 7.09. The Hall–Kier alpha value is -3.01. The van der Waals surface area contributed by atoms with Crippen molar-refractivity contribution in [3.63, 3.8) is 0 Å². The Morgan fingerprint density at radius 2 is 2.04 bits per heavy atom. The zero-order valence-electron chi connectivity index (χ0n) is 13.6. The summed E-state index contributed by atoms with van der Waals surface area (Å²) in [6.07, 6.45) is 1.61. The van der Waals surface area contributed by atoms with Gasteiger partial charge < -0.3 is 0 Å². The molecule has 0 saturated carbocycles. The Bertz CT molecular complexity index is 1050. The Labute approximate surface area is 159 Å². The number of allylic oxidation sites excluding steroid dienone is 1. The molecule has 5 nitrogen and oxygen atoms in total. The third kappa shape index (κ3) is 3.80. The van der Waals surface area contributed by atoms with E-state index in [9.17, 15) is 15.4 Å². The van der Waals surface area contributed by atoms with Crippen molar-refractivity contribution in [2.75, 3.05) is 0 Å². The number of nitro groups is 1. The van der Waals surface area contributed by atoms with Crippen LogP contribution >= 0.6 is 22.9 Å². The van der Waals surface area contributed by atoms with Crippen molar-refractivity contribution in [3.05, 3.63) is 79.1 Å². The normalized spacial score (nSPS) is 11.2. The molecule has 7 heteroatoms. The zero-order valence-corrected chi connectivity index (χ0v) is 15.2. The van der Waals surface area contributed by atoms with Crippen molar-refractivity contribution in [1.29, 1.82) is 5.26 Å². The summed E-state index contributed by atoms with van der Waals surface area (Å²) in [5.41, 5.74) is 2.63. The van der Waals surface area contributed by atoms with Gasteiger partial charge in [0.1, 0.15) is 11.1 Å². The lowest BCUT2D eigenvalue weighted by atomic mass is 10.1. The molecule has 128 valence electrons. The first kappa shape index (κ1) is 17.8. The number of non-ortho nitro benzene ring substituents is 1. The van der Waals surface area contributed by atoms with E-state index in [1.54, 1.807) is 30.3 Å². The summed E-state index contributed by atoms with van der Waals surface area (Å²) in [7, 11) is 0. The molecule has 2 aromatic carbocycles. The second-order valence-electron chi connectivity index (χ2n) is 5.45. The highest BCUT2D eigenvalue weighted by Gasteiger charge is 2.14. The lowest BCUT2D eigenvalue weighted by Gasteiger charge is -1.98. The molecule has 0 fully saturated rings. The Kier molecular flexibility index (Phi) is 5.12. The quantitative estimate of drug-likeness (QED) is 0.327. The summed E-state index contributed by atoms with van der Waals surface area (Å²) < 4.78 is 0. The molecule has 0 unspecified atom stereocenters. The molecule has 0 bridgehead atoms. The minimum Gasteiger partial charge on any atom is -0.258 e. The molecule has 0 aliphatic heterocycles. The highest BCUT2D eigenvalue weighted by Crippen LogP contribution is 2.32. The van der Waals surface area contributed by atoms with Crippen molar-refractivity contribution in [1.82, 2.24) is 4.98 Å². The summed E-state index contributed by atoms with van der Waals surface area (Å²) in [6, 6.07) is 15.6. The molecule has 0 N–H and O–H groups in total. The van der Waals surface area contributed by atoms with Gasteiger partial charge in [-0.2, -0.15) is 5.26 Å². The second kappa shape index (κ2) is 7.48.